The fourth-order valence-corrected chi connectivity index (χ4v) is 3.16. The van der Waals surface area contributed by atoms with Crippen LogP contribution < -0.4 is 16.2 Å². The number of benzene rings is 1. The average molecular weight is 301 g/mol. The third kappa shape index (κ3) is 2.62. The van der Waals surface area contributed by atoms with E-state index in [0.29, 0.717) is 6.73 Å². The molecule has 2 N–H and O–H groups in total. The number of hydrogen-bond acceptors (Lipinski definition) is 4. The molecule has 1 aromatic heterocycles. The summed E-state index contributed by atoms with van der Waals surface area (Å²) in [5.41, 5.74) is 4.19. The second-order valence-electron chi connectivity index (χ2n) is 5.74. The van der Waals surface area contributed by atoms with Crippen LogP contribution in [0.5, 0.6) is 0 Å². The third-order valence-electron chi connectivity index (χ3n) is 4.25. The number of methoxy groups -OCH3 is 1. The van der Waals surface area contributed by atoms with Crippen LogP contribution in [0.3, 0.4) is 0 Å². The standard InChI is InChI=1S/C17H23N3O2/c1-18-9-7-12-5-6-15-14(10-12)16-13(4-3-8-19-16)17(21)20(15)11-22-2/h5-6,10,18-19H,3-4,7-9,11H2,1-2H3. The predicted molar refractivity (Wildman–Crippen MR) is 89.7 cm³/mol. The fourth-order valence-electron chi connectivity index (χ4n) is 3.16. The van der Waals surface area contributed by atoms with Gasteiger partial charge in [-0.2, -0.15) is 0 Å². The molecular weight excluding hydrogens is 278 g/mol. The Kier molecular flexibility index (Phi) is 4.45. The largest absolute Gasteiger partial charge is 0.384 e. The van der Waals surface area contributed by atoms with E-state index in [-0.39, 0.29) is 5.56 Å². The van der Waals surface area contributed by atoms with Gasteiger partial charge in [0, 0.05) is 24.6 Å². The maximum atomic E-state index is 12.7. The highest BCUT2D eigenvalue weighted by Crippen LogP contribution is 2.29. The van der Waals surface area contributed by atoms with E-state index in [0.717, 1.165) is 54.5 Å². The van der Waals surface area contributed by atoms with Crippen molar-refractivity contribution >= 4 is 16.6 Å². The van der Waals surface area contributed by atoms with Crippen molar-refractivity contribution < 1.29 is 4.74 Å². The first kappa shape index (κ1) is 15.1. The topological polar surface area (TPSA) is 55.3 Å². The summed E-state index contributed by atoms with van der Waals surface area (Å²) in [6.45, 7) is 2.16. The first-order valence-electron chi connectivity index (χ1n) is 7.82. The van der Waals surface area contributed by atoms with Crippen LogP contribution in [0.25, 0.3) is 10.9 Å². The Morgan fingerprint density at radius 3 is 3.05 bits per heavy atom. The SMILES string of the molecule is CNCCc1ccc2c(c1)c1c(c(=O)n2COC)CCCN1. The lowest BCUT2D eigenvalue weighted by atomic mass is 9.99. The van der Waals surface area contributed by atoms with Crippen LogP contribution in [-0.2, 0) is 24.3 Å². The maximum absolute atomic E-state index is 12.7. The number of likely N-dealkylation sites (N-methyl/N-ethyl adjacent to an activating group) is 1. The molecule has 0 saturated carbocycles. The zero-order chi connectivity index (χ0) is 15.5. The predicted octanol–water partition coefficient (Wildman–Crippen LogP) is 1.73. The summed E-state index contributed by atoms with van der Waals surface area (Å²) >= 11 is 0. The van der Waals surface area contributed by atoms with Crippen LogP contribution in [0.15, 0.2) is 23.0 Å². The quantitative estimate of drug-likeness (QED) is 0.883. The van der Waals surface area contributed by atoms with Gasteiger partial charge in [0.1, 0.15) is 6.73 Å². The second kappa shape index (κ2) is 6.50. The van der Waals surface area contributed by atoms with Gasteiger partial charge in [0.15, 0.2) is 0 Å². The number of aromatic nitrogens is 1. The lowest BCUT2D eigenvalue weighted by Crippen LogP contribution is -2.29. The van der Waals surface area contributed by atoms with E-state index in [1.807, 2.05) is 13.1 Å². The monoisotopic (exact) mass is 301 g/mol. The number of rotatable bonds is 5. The highest BCUT2D eigenvalue weighted by molar-refractivity contribution is 5.94. The maximum Gasteiger partial charge on any atom is 0.258 e. The van der Waals surface area contributed by atoms with Gasteiger partial charge in [-0.05, 0) is 50.6 Å². The van der Waals surface area contributed by atoms with Crippen molar-refractivity contribution in [2.75, 3.05) is 32.6 Å². The molecule has 3 rings (SSSR count). The van der Waals surface area contributed by atoms with Gasteiger partial charge in [-0.15, -0.1) is 0 Å². The zero-order valence-corrected chi connectivity index (χ0v) is 13.2. The summed E-state index contributed by atoms with van der Waals surface area (Å²) in [4.78, 5) is 12.7. The summed E-state index contributed by atoms with van der Waals surface area (Å²) in [5.74, 6) is 0. The van der Waals surface area contributed by atoms with E-state index in [2.05, 4.69) is 22.8 Å². The summed E-state index contributed by atoms with van der Waals surface area (Å²) < 4.78 is 6.97. The minimum atomic E-state index is 0.0690. The van der Waals surface area contributed by atoms with E-state index < -0.39 is 0 Å². The van der Waals surface area contributed by atoms with Crippen LogP contribution in [0.2, 0.25) is 0 Å². The summed E-state index contributed by atoms with van der Waals surface area (Å²) in [6, 6.07) is 6.34. The van der Waals surface area contributed by atoms with Crippen molar-refractivity contribution in [2.24, 2.45) is 0 Å². The fraction of sp³-hybridized carbons (Fsp3) is 0.471. The molecule has 5 heteroatoms. The summed E-state index contributed by atoms with van der Waals surface area (Å²) in [6.07, 6.45) is 2.81. The smallest absolute Gasteiger partial charge is 0.258 e. The highest BCUT2D eigenvalue weighted by atomic mass is 16.5. The van der Waals surface area contributed by atoms with Crippen molar-refractivity contribution in [1.29, 1.82) is 0 Å². The Hall–Kier alpha value is -1.85. The summed E-state index contributed by atoms with van der Waals surface area (Å²) in [7, 11) is 3.58. The molecule has 0 unspecified atom stereocenters. The molecule has 0 radical (unpaired) electrons. The van der Waals surface area contributed by atoms with Gasteiger partial charge in [-0.1, -0.05) is 6.07 Å². The van der Waals surface area contributed by atoms with Crippen molar-refractivity contribution in [2.45, 2.75) is 26.0 Å². The van der Waals surface area contributed by atoms with Gasteiger partial charge in [-0.25, -0.2) is 0 Å². The first-order valence-corrected chi connectivity index (χ1v) is 7.82. The van der Waals surface area contributed by atoms with Crippen molar-refractivity contribution in [1.82, 2.24) is 9.88 Å². The molecule has 0 amide bonds. The number of pyridine rings is 1. The highest BCUT2D eigenvalue weighted by Gasteiger charge is 2.19. The molecule has 2 heterocycles. The Morgan fingerprint density at radius 2 is 2.27 bits per heavy atom. The van der Waals surface area contributed by atoms with Gasteiger partial charge < -0.3 is 15.4 Å². The minimum absolute atomic E-state index is 0.0690. The van der Waals surface area contributed by atoms with Gasteiger partial charge in [0.2, 0.25) is 0 Å². The molecule has 22 heavy (non-hydrogen) atoms. The number of fused-ring (bicyclic) bond motifs is 3. The lowest BCUT2D eigenvalue weighted by molar-refractivity contribution is 0.131. The normalized spacial score (nSPS) is 13.9. The molecule has 0 spiro atoms. The van der Waals surface area contributed by atoms with Crippen molar-refractivity contribution in [3.63, 3.8) is 0 Å². The van der Waals surface area contributed by atoms with Gasteiger partial charge >= 0.3 is 0 Å². The molecule has 1 aliphatic heterocycles. The van der Waals surface area contributed by atoms with E-state index in [1.54, 1.807) is 11.7 Å². The number of hydrogen-bond donors (Lipinski definition) is 2. The van der Waals surface area contributed by atoms with E-state index in [1.165, 1.54) is 5.56 Å². The van der Waals surface area contributed by atoms with Gasteiger partial charge in [0.05, 0.1) is 11.2 Å². The Morgan fingerprint density at radius 1 is 1.41 bits per heavy atom. The molecule has 118 valence electrons. The Balaban J connectivity index is 2.22. The van der Waals surface area contributed by atoms with Crippen LogP contribution >= 0.6 is 0 Å². The number of anilines is 1. The van der Waals surface area contributed by atoms with Gasteiger partial charge in [-0.3, -0.25) is 9.36 Å². The number of nitrogens with one attached hydrogen (secondary N) is 2. The molecule has 0 fully saturated rings. The minimum Gasteiger partial charge on any atom is -0.384 e. The van der Waals surface area contributed by atoms with E-state index in [4.69, 9.17) is 4.74 Å². The molecule has 0 bridgehead atoms. The third-order valence-corrected chi connectivity index (χ3v) is 4.25. The Bertz CT molecular complexity index is 737. The van der Waals surface area contributed by atoms with E-state index in [9.17, 15) is 4.79 Å². The van der Waals surface area contributed by atoms with Crippen LogP contribution in [-0.4, -0.2) is 31.8 Å². The lowest BCUT2D eigenvalue weighted by Gasteiger charge is -2.22. The van der Waals surface area contributed by atoms with Gasteiger partial charge in [0.25, 0.3) is 5.56 Å². The Labute approximate surface area is 130 Å². The zero-order valence-electron chi connectivity index (χ0n) is 13.2. The average Bonchev–Trinajstić information content (AvgIpc) is 2.56. The molecule has 1 aliphatic rings. The molecule has 1 aromatic carbocycles. The van der Waals surface area contributed by atoms with Crippen molar-refractivity contribution in [3.8, 4) is 0 Å². The molecule has 0 aliphatic carbocycles. The molecular formula is C17H23N3O2. The second-order valence-corrected chi connectivity index (χ2v) is 5.74. The van der Waals surface area contributed by atoms with Crippen molar-refractivity contribution in [3.05, 3.63) is 39.7 Å². The van der Waals surface area contributed by atoms with Crippen LogP contribution in [0, 0.1) is 0 Å². The molecule has 0 atom stereocenters. The van der Waals surface area contributed by atoms with E-state index >= 15 is 0 Å². The number of nitrogens with zero attached hydrogens (tertiary/aromatic N) is 1. The molecule has 2 aromatic rings. The molecule has 5 nitrogen and oxygen atoms in total. The first-order chi connectivity index (χ1) is 10.8. The van der Waals surface area contributed by atoms with Crippen LogP contribution in [0.4, 0.5) is 5.69 Å². The van der Waals surface area contributed by atoms with Crippen LogP contribution in [0.1, 0.15) is 17.5 Å². The molecule has 0 saturated heterocycles. The summed E-state index contributed by atoms with van der Waals surface area (Å²) in [5, 5.41) is 7.73. The number of ether oxygens (including phenoxy) is 1.